The number of rotatable bonds is 8. The van der Waals surface area contributed by atoms with Crippen molar-refractivity contribution in [1.82, 2.24) is 26.4 Å². The standard InChI is InChI=1S/C20H27F4N7O4/c1-25-2-3-26-19(33)31-7-6-29(5-4-28-31)16-14(21)8-12(9-15(16)22)30-11-13(35-20(30)34)10-27-18(32)17(23)24/h8-9,13,17,25,28H,2-7,10-11H2,1H3,(H,26,33)(H,27,32)/t13-/m0/s1. The summed E-state index contributed by atoms with van der Waals surface area (Å²) in [5.41, 5.74) is 2.49. The molecule has 1 aromatic rings. The van der Waals surface area contributed by atoms with Crippen LogP contribution in [0.2, 0.25) is 0 Å². The zero-order valence-corrected chi connectivity index (χ0v) is 19.0. The number of cyclic esters (lactones) is 1. The molecule has 194 valence electrons. The summed E-state index contributed by atoms with van der Waals surface area (Å²) in [5, 5.41) is 8.89. The molecular weight excluding hydrogens is 478 g/mol. The highest BCUT2D eigenvalue weighted by Gasteiger charge is 2.34. The summed E-state index contributed by atoms with van der Waals surface area (Å²) >= 11 is 0. The van der Waals surface area contributed by atoms with Gasteiger partial charge < -0.3 is 25.6 Å². The van der Waals surface area contributed by atoms with Crippen molar-refractivity contribution in [2.75, 3.05) is 69.2 Å². The molecule has 0 aromatic heterocycles. The minimum Gasteiger partial charge on any atom is -0.442 e. The molecule has 0 unspecified atom stereocenters. The minimum absolute atomic E-state index is 0.116. The van der Waals surface area contributed by atoms with Crippen LogP contribution in [0.4, 0.5) is 38.5 Å². The number of carbonyl (C=O) groups is 3. The molecule has 2 fully saturated rings. The van der Waals surface area contributed by atoms with E-state index in [0.717, 1.165) is 17.0 Å². The second-order valence-electron chi connectivity index (χ2n) is 7.80. The summed E-state index contributed by atoms with van der Waals surface area (Å²) < 4.78 is 59.6. The van der Waals surface area contributed by atoms with Gasteiger partial charge in [-0.15, -0.1) is 0 Å². The Morgan fingerprint density at radius 2 is 1.86 bits per heavy atom. The number of hydrazine groups is 1. The van der Waals surface area contributed by atoms with Gasteiger partial charge in [-0.3, -0.25) is 14.7 Å². The zero-order chi connectivity index (χ0) is 25.5. The molecule has 0 saturated carbocycles. The average Bonchev–Trinajstić information content (AvgIpc) is 3.01. The number of likely N-dealkylation sites (N-methyl/N-ethyl adjacent to an activating group) is 1. The maximum Gasteiger partial charge on any atom is 0.414 e. The third-order valence-electron chi connectivity index (χ3n) is 5.38. The van der Waals surface area contributed by atoms with Crippen LogP contribution in [0.1, 0.15) is 0 Å². The predicted octanol–water partition coefficient (Wildman–Crippen LogP) is 0.227. The molecule has 1 atom stereocenters. The number of carbonyl (C=O) groups excluding carboxylic acids is 3. The predicted molar refractivity (Wildman–Crippen MR) is 117 cm³/mol. The zero-order valence-electron chi connectivity index (χ0n) is 19.0. The number of anilines is 2. The van der Waals surface area contributed by atoms with Crippen LogP contribution in [-0.4, -0.2) is 95.0 Å². The highest BCUT2D eigenvalue weighted by Crippen LogP contribution is 2.31. The van der Waals surface area contributed by atoms with Gasteiger partial charge in [0, 0.05) is 44.9 Å². The summed E-state index contributed by atoms with van der Waals surface area (Å²) in [6.07, 6.45) is -5.10. The molecule has 0 radical (unpaired) electrons. The first kappa shape index (κ1) is 26.3. The Labute approximate surface area is 198 Å². The fourth-order valence-corrected chi connectivity index (χ4v) is 3.66. The molecule has 11 nitrogen and oxygen atoms in total. The van der Waals surface area contributed by atoms with E-state index in [-0.39, 0.29) is 56.7 Å². The molecular formula is C20H27F4N7O4. The van der Waals surface area contributed by atoms with Gasteiger partial charge in [0.05, 0.1) is 25.3 Å². The third kappa shape index (κ3) is 6.63. The van der Waals surface area contributed by atoms with Gasteiger partial charge in [0.1, 0.15) is 11.8 Å². The molecule has 1 aromatic carbocycles. The molecule has 0 spiro atoms. The number of urea groups is 1. The van der Waals surface area contributed by atoms with Gasteiger partial charge in [-0.25, -0.2) is 23.8 Å². The van der Waals surface area contributed by atoms with Crippen molar-refractivity contribution in [2.45, 2.75) is 12.5 Å². The normalized spacial score (nSPS) is 18.5. The second-order valence-corrected chi connectivity index (χ2v) is 7.80. The molecule has 15 heteroatoms. The van der Waals surface area contributed by atoms with Gasteiger partial charge in [0.15, 0.2) is 11.6 Å². The third-order valence-corrected chi connectivity index (χ3v) is 5.38. The van der Waals surface area contributed by atoms with Gasteiger partial charge in [0.2, 0.25) is 0 Å². The Bertz CT molecular complexity index is 916. The average molecular weight is 505 g/mol. The summed E-state index contributed by atoms with van der Waals surface area (Å²) in [4.78, 5) is 37.8. The summed E-state index contributed by atoms with van der Waals surface area (Å²) in [6.45, 7) is 1.23. The molecule has 0 bridgehead atoms. The lowest BCUT2D eigenvalue weighted by molar-refractivity contribution is -0.132. The lowest BCUT2D eigenvalue weighted by Crippen LogP contribution is -2.49. The van der Waals surface area contributed by atoms with Gasteiger partial charge >= 0.3 is 18.5 Å². The van der Waals surface area contributed by atoms with Crippen molar-refractivity contribution in [3.63, 3.8) is 0 Å². The van der Waals surface area contributed by atoms with Crippen LogP contribution in [0.25, 0.3) is 0 Å². The monoisotopic (exact) mass is 505 g/mol. The van der Waals surface area contributed by atoms with Crippen molar-refractivity contribution in [3.8, 4) is 0 Å². The summed E-state index contributed by atoms with van der Waals surface area (Å²) in [5.74, 6) is -3.36. The largest absolute Gasteiger partial charge is 0.442 e. The van der Waals surface area contributed by atoms with E-state index in [2.05, 4.69) is 16.1 Å². The van der Waals surface area contributed by atoms with E-state index in [9.17, 15) is 31.9 Å². The number of nitrogens with one attached hydrogen (secondary N) is 4. The lowest BCUT2D eigenvalue weighted by atomic mass is 10.2. The smallest absolute Gasteiger partial charge is 0.414 e. The number of alkyl halides is 2. The van der Waals surface area contributed by atoms with Crippen molar-refractivity contribution >= 4 is 29.4 Å². The van der Waals surface area contributed by atoms with E-state index in [1.54, 1.807) is 7.05 Å². The van der Waals surface area contributed by atoms with E-state index in [4.69, 9.17) is 4.74 Å². The summed E-state index contributed by atoms with van der Waals surface area (Å²) in [6, 6.07) is 1.59. The van der Waals surface area contributed by atoms with Crippen LogP contribution in [0, 0.1) is 11.6 Å². The molecule has 2 aliphatic heterocycles. The van der Waals surface area contributed by atoms with Crippen LogP contribution in [0.3, 0.4) is 0 Å². The Morgan fingerprint density at radius 3 is 2.51 bits per heavy atom. The number of hydrogen-bond acceptors (Lipinski definition) is 7. The topological polar surface area (TPSA) is 118 Å². The Balaban J connectivity index is 1.64. The number of nitrogens with zero attached hydrogens (tertiary/aromatic N) is 3. The minimum atomic E-state index is -3.21. The van der Waals surface area contributed by atoms with Gasteiger partial charge in [-0.2, -0.15) is 8.78 Å². The number of benzene rings is 1. The fraction of sp³-hybridized carbons (Fsp3) is 0.550. The van der Waals surface area contributed by atoms with E-state index >= 15 is 0 Å². The maximum atomic E-state index is 15.0. The highest BCUT2D eigenvalue weighted by atomic mass is 19.3. The van der Waals surface area contributed by atoms with E-state index in [1.165, 1.54) is 9.91 Å². The maximum absolute atomic E-state index is 15.0. The van der Waals surface area contributed by atoms with Gasteiger partial charge in [-0.05, 0) is 7.05 Å². The SMILES string of the molecule is CNCCNC(=O)N1CCN(c2c(F)cc(N3C[C@H](CNC(=O)C(F)F)OC3=O)cc2F)CCN1. The first-order chi connectivity index (χ1) is 16.7. The van der Waals surface area contributed by atoms with Crippen LogP contribution < -0.4 is 31.2 Å². The van der Waals surface area contributed by atoms with Crippen LogP contribution in [-0.2, 0) is 9.53 Å². The Morgan fingerprint density at radius 1 is 1.14 bits per heavy atom. The van der Waals surface area contributed by atoms with Gasteiger partial charge in [-0.1, -0.05) is 0 Å². The van der Waals surface area contributed by atoms with Crippen LogP contribution in [0.5, 0.6) is 0 Å². The van der Waals surface area contributed by atoms with Crippen LogP contribution >= 0.6 is 0 Å². The van der Waals surface area contributed by atoms with Crippen molar-refractivity contribution in [2.24, 2.45) is 0 Å². The Hall–Kier alpha value is -3.33. The fourth-order valence-electron chi connectivity index (χ4n) is 3.66. The first-order valence-electron chi connectivity index (χ1n) is 10.9. The van der Waals surface area contributed by atoms with Crippen molar-refractivity contribution in [3.05, 3.63) is 23.8 Å². The van der Waals surface area contributed by atoms with E-state index < -0.39 is 36.2 Å². The number of ether oxygens (including phenoxy) is 1. The van der Waals surface area contributed by atoms with Crippen LogP contribution in [0.15, 0.2) is 12.1 Å². The molecule has 2 heterocycles. The number of halogens is 4. The van der Waals surface area contributed by atoms with Crippen molar-refractivity contribution < 1.29 is 36.7 Å². The highest BCUT2D eigenvalue weighted by molar-refractivity contribution is 5.90. The Kier molecular flexibility index (Phi) is 8.92. The van der Waals surface area contributed by atoms with Gasteiger partial charge in [0.25, 0.3) is 5.91 Å². The molecule has 35 heavy (non-hydrogen) atoms. The number of hydrogen-bond donors (Lipinski definition) is 4. The van der Waals surface area contributed by atoms with E-state index in [1.807, 2.05) is 5.32 Å². The summed E-state index contributed by atoms with van der Waals surface area (Å²) in [7, 11) is 1.75. The van der Waals surface area contributed by atoms with Crippen molar-refractivity contribution in [1.29, 1.82) is 0 Å². The quantitative estimate of drug-likeness (QED) is 0.295. The molecule has 0 aliphatic carbocycles. The lowest BCUT2D eigenvalue weighted by Gasteiger charge is -2.25. The second kappa shape index (κ2) is 11.9. The van der Waals surface area contributed by atoms with E-state index in [0.29, 0.717) is 13.1 Å². The molecule has 4 amide bonds. The first-order valence-corrected chi connectivity index (χ1v) is 10.9. The molecule has 3 rings (SSSR count). The molecule has 2 saturated heterocycles. The number of amides is 4. The molecule has 2 aliphatic rings. The molecule has 4 N–H and O–H groups in total.